The maximum atomic E-state index is 13.8. The number of nitrogens with one attached hydrogen (secondary N) is 1. The van der Waals surface area contributed by atoms with Crippen molar-refractivity contribution in [2.45, 2.75) is 77.5 Å². The van der Waals surface area contributed by atoms with E-state index in [1.54, 1.807) is 11.0 Å². The second-order valence-corrected chi connectivity index (χ2v) is 9.77. The number of carbonyl (C=O) groups excluding carboxylic acids is 2. The van der Waals surface area contributed by atoms with Crippen LogP contribution in [0.15, 0.2) is 40.8 Å². The summed E-state index contributed by atoms with van der Waals surface area (Å²) in [6.45, 7) is 7.05. The van der Waals surface area contributed by atoms with E-state index in [2.05, 4.69) is 5.32 Å². The van der Waals surface area contributed by atoms with Gasteiger partial charge in [0.15, 0.2) is 5.58 Å². The van der Waals surface area contributed by atoms with E-state index in [-0.39, 0.29) is 17.9 Å². The van der Waals surface area contributed by atoms with E-state index in [0.29, 0.717) is 31.0 Å². The summed E-state index contributed by atoms with van der Waals surface area (Å²) in [5, 5.41) is 3.28. The number of rotatable bonds is 6. The number of amides is 2. The third-order valence-electron chi connectivity index (χ3n) is 7.24. The van der Waals surface area contributed by atoms with E-state index in [4.69, 9.17) is 9.15 Å². The molecule has 0 saturated heterocycles. The molecule has 1 aliphatic heterocycles. The lowest BCUT2D eigenvalue weighted by Gasteiger charge is -2.44. The molecule has 1 aliphatic carbocycles. The van der Waals surface area contributed by atoms with Crippen LogP contribution in [0, 0.1) is 6.92 Å². The Morgan fingerprint density at radius 3 is 2.62 bits per heavy atom. The Labute approximate surface area is 200 Å². The lowest BCUT2D eigenvalue weighted by molar-refractivity contribution is -0.134. The van der Waals surface area contributed by atoms with Gasteiger partial charge >= 0.3 is 0 Å². The normalized spacial score (nSPS) is 21.0. The molecule has 0 spiro atoms. The van der Waals surface area contributed by atoms with Gasteiger partial charge in [-0.15, -0.1) is 0 Å². The van der Waals surface area contributed by atoms with Crippen molar-refractivity contribution in [2.75, 3.05) is 6.61 Å². The fraction of sp³-hybridized carbons (Fsp3) is 0.481. The van der Waals surface area contributed by atoms with Gasteiger partial charge in [-0.2, -0.15) is 0 Å². The van der Waals surface area contributed by atoms with Crippen molar-refractivity contribution in [1.29, 1.82) is 0 Å². The predicted octanol–water partition coefficient (Wildman–Crippen LogP) is 4.81. The van der Waals surface area contributed by atoms with Gasteiger partial charge in [0.2, 0.25) is 5.91 Å². The average molecular weight is 464 g/mol. The van der Waals surface area contributed by atoms with Gasteiger partial charge < -0.3 is 23.9 Å². The third-order valence-corrected chi connectivity index (χ3v) is 7.24. The highest BCUT2D eigenvalue weighted by molar-refractivity contribution is 6.03. The van der Waals surface area contributed by atoms with E-state index in [0.717, 1.165) is 48.3 Å². The van der Waals surface area contributed by atoms with Gasteiger partial charge in [-0.25, -0.2) is 0 Å². The Balaban J connectivity index is 1.50. The van der Waals surface area contributed by atoms with Crippen molar-refractivity contribution >= 4 is 22.9 Å². The molecule has 3 aromatic rings. The Kier molecular flexibility index (Phi) is 5.88. The topological polar surface area (TPSA) is 76.7 Å². The highest BCUT2D eigenvalue weighted by Crippen LogP contribution is 2.35. The maximum Gasteiger partial charge on any atom is 0.271 e. The van der Waals surface area contributed by atoms with Crippen LogP contribution < -0.4 is 10.1 Å². The van der Waals surface area contributed by atoms with Crippen LogP contribution in [0.3, 0.4) is 0 Å². The molecule has 34 heavy (non-hydrogen) atoms. The number of aromatic nitrogens is 1. The van der Waals surface area contributed by atoms with Crippen LogP contribution in [-0.4, -0.2) is 39.5 Å². The molecule has 1 saturated carbocycles. The van der Waals surface area contributed by atoms with Gasteiger partial charge in [0.1, 0.15) is 22.7 Å². The molecule has 7 heteroatoms. The number of nitrogens with zero attached hydrogens (tertiary/aromatic N) is 2. The van der Waals surface area contributed by atoms with Crippen molar-refractivity contribution < 1.29 is 18.7 Å². The predicted molar refractivity (Wildman–Crippen MR) is 130 cm³/mol. The first kappa shape index (κ1) is 22.6. The first-order chi connectivity index (χ1) is 16.4. The van der Waals surface area contributed by atoms with E-state index < -0.39 is 5.54 Å². The maximum absolute atomic E-state index is 13.8. The number of aryl methyl sites for hydroxylation is 1. The molecule has 1 fully saturated rings. The van der Waals surface area contributed by atoms with Crippen LogP contribution in [-0.2, 0) is 17.9 Å². The van der Waals surface area contributed by atoms with Gasteiger partial charge in [0.25, 0.3) is 5.91 Å². The molecule has 2 aliphatic rings. The number of hydrogen-bond donors (Lipinski definition) is 1. The van der Waals surface area contributed by atoms with Gasteiger partial charge in [-0.05, 0) is 51.3 Å². The minimum Gasteiger partial charge on any atom is -0.494 e. The highest BCUT2D eigenvalue weighted by Gasteiger charge is 2.48. The summed E-state index contributed by atoms with van der Waals surface area (Å²) < 4.78 is 13.3. The molecule has 5 rings (SSSR count). The third kappa shape index (κ3) is 3.97. The highest BCUT2D eigenvalue weighted by atomic mass is 16.5. The molecule has 7 nitrogen and oxygen atoms in total. The van der Waals surface area contributed by atoms with Gasteiger partial charge in [-0.1, -0.05) is 31.4 Å². The van der Waals surface area contributed by atoms with E-state index in [9.17, 15) is 9.59 Å². The van der Waals surface area contributed by atoms with Crippen molar-refractivity contribution in [3.8, 4) is 5.75 Å². The Hall–Kier alpha value is -3.22. The summed E-state index contributed by atoms with van der Waals surface area (Å²) in [7, 11) is 0. The number of furan rings is 1. The fourth-order valence-corrected chi connectivity index (χ4v) is 5.34. The van der Waals surface area contributed by atoms with Crippen LogP contribution in [0.5, 0.6) is 5.75 Å². The van der Waals surface area contributed by atoms with Crippen molar-refractivity contribution in [1.82, 2.24) is 14.8 Å². The molecular formula is C27H33N3O4. The molecule has 1 aromatic carbocycles. The summed E-state index contributed by atoms with van der Waals surface area (Å²) in [5.41, 5.74) is 2.02. The number of hydrogen-bond acceptors (Lipinski definition) is 4. The van der Waals surface area contributed by atoms with Crippen LogP contribution in [0.4, 0.5) is 0 Å². The quantitative estimate of drug-likeness (QED) is 0.569. The Bertz CT molecular complexity index is 1200. The van der Waals surface area contributed by atoms with Crippen molar-refractivity contribution in [3.05, 3.63) is 53.4 Å². The van der Waals surface area contributed by atoms with E-state index in [1.807, 2.05) is 55.7 Å². The molecule has 1 atom stereocenters. The summed E-state index contributed by atoms with van der Waals surface area (Å²) >= 11 is 0. The Morgan fingerprint density at radius 2 is 1.91 bits per heavy atom. The first-order valence-corrected chi connectivity index (χ1v) is 12.3. The molecule has 2 amide bonds. The lowest BCUT2D eigenvalue weighted by Crippen LogP contribution is -2.64. The van der Waals surface area contributed by atoms with Crippen molar-refractivity contribution in [2.24, 2.45) is 0 Å². The molecule has 2 aromatic heterocycles. The zero-order chi connectivity index (χ0) is 23.9. The molecule has 3 heterocycles. The smallest absolute Gasteiger partial charge is 0.271 e. The van der Waals surface area contributed by atoms with Gasteiger partial charge in [0.05, 0.1) is 18.7 Å². The standard InChI is InChI=1S/C27H33N3O4/c1-4-33-21-12-10-19(11-13-21)16-30-25(31)23-15-24-22(14-18(2)34-24)29(23)17-27(30,3)26(32)28-20-8-6-5-7-9-20/h10-15,20H,4-9,16-17H2,1-3H3,(H,28,32)/t27-/m0/s1. The summed E-state index contributed by atoms with van der Waals surface area (Å²) in [6, 6.07) is 11.6. The van der Waals surface area contributed by atoms with Crippen LogP contribution in [0.1, 0.15) is 67.8 Å². The summed E-state index contributed by atoms with van der Waals surface area (Å²) in [5.74, 6) is 1.33. The van der Waals surface area contributed by atoms with Crippen molar-refractivity contribution in [3.63, 3.8) is 0 Å². The van der Waals surface area contributed by atoms with Gasteiger partial charge in [0, 0.05) is 24.7 Å². The fourth-order valence-electron chi connectivity index (χ4n) is 5.34. The minimum atomic E-state index is -1.03. The monoisotopic (exact) mass is 463 g/mol. The molecule has 0 bridgehead atoms. The SMILES string of the molecule is CCOc1ccc(CN2C(=O)c3cc4oc(C)cc4n3C[C@@]2(C)C(=O)NC2CCCCC2)cc1. The number of carbonyl (C=O) groups is 2. The number of fused-ring (bicyclic) bond motifs is 3. The van der Waals surface area contributed by atoms with Gasteiger partial charge in [-0.3, -0.25) is 9.59 Å². The second-order valence-electron chi connectivity index (χ2n) is 9.77. The summed E-state index contributed by atoms with van der Waals surface area (Å²) in [6.07, 6.45) is 5.47. The molecular weight excluding hydrogens is 430 g/mol. The van der Waals surface area contributed by atoms with Crippen LogP contribution in [0.25, 0.3) is 11.1 Å². The zero-order valence-electron chi connectivity index (χ0n) is 20.2. The minimum absolute atomic E-state index is 0.0913. The largest absolute Gasteiger partial charge is 0.494 e. The Morgan fingerprint density at radius 1 is 1.18 bits per heavy atom. The summed E-state index contributed by atoms with van der Waals surface area (Å²) in [4.78, 5) is 29.3. The van der Waals surface area contributed by atoms with Crippen LogP contribution >= 0.6 is 0 Å². The zero-order valence-corrected chi connectivity index (χ0v) is 20.2. The molecule has 0 unspecified atom stereocenters. The number of benzene rings is 1. The molecule has 180 valence electrons. The van der Waals surface area contributed by atoms with E-state index in [1.165, 1.54) is 6.42 Å². The number of ether oxygens (including phenoxy) is 1. The lowest BCUT2D eigenvalue weighted by atomic mass is 9.91. The van der Waals surface area contributed by atoms with E-state index >= 15 is 0 Å². The second kappa shape index (κ2) is 8.85. The molecule has 1 N–H and O–H groups in total. The first-order valence-electron chi connectivity index (χ1n) is 12.3. The molecule has 0 radical (unpaired) electrons. The van der Waals surface area contributed by atoms with Crippen LogP contribution in [0.2, 0.25) is 0 Å². The average Bonchev–Trinajstić information content (AvgIpc) is 3.35.